The van der Waals surface area contributed by atoms with E-state index in [1.807, 2.05) is 25.1 Å². The Morgan fingerprint density at radius 3 is 2.96 bits per heavy atom. The third-order valence-corrected chi connectivity index (χ3v) is 5.79. The highest BCUT2D eigenvalue weighted by atomic mass is 16.2. The van der Waals surface area contributed by atoms with Gasteiger partial charge >= 0.3 is 0 Å². The fourth-order valence-corrected chi connectivity index (χ4v) is 4.44. The van der Waals surface area contributed by atoms with Gasteiger partial charge in [0.1, 0.15) is 0 Å². The second-order valence-corrected chi connectivity index (χ2v) is 7.48. The molecule has 2 fully saturated rings. The Bertz CT molecular complexity index is 659. The summed E-state index contributed by atoms with van der Waals surface area (Å²) >= 11 is 0. The van der Waals surface area contributed by atoms with Gasteiger partial charge in [-0.25, -0.2) is 0 Å². The van der Waals surface area contributed by atoms with Crippen LogP contribution in [0.1, 0.15) is 56.2 Å². The average Bonchev–Trinajstić information content (AvgIpc) is 3.15. The molecule has 1 aromatic carbocycles. The van der Waals surface area contributed by atoms with Crippen molar-refractivity contribution in [1.29, 1.82) is 0 Å². The van der Waals surface area contributed by atoms with E-state index in [9.17, 15) is 9.59 Å². The van der Waals surface area contributed by atoms with Crippen LogP contribution in [0.3, 0.4) is 0 Å². The quantitative estimate of drug-likeness (QED) is 0.798. The summed E-state index contributed by atoms with van der Waals surface area (Å²) in [7, 11) is 0. The summed E-state index contributed by atoms with van der Waals surface area (Å²) < 4.78 is 0. The zero-order valence-corrected chi connectivity index (χ0v) is 14.1. The fraction of sp³-hybridized carbons (Fsp3) is 0.579. The molecule has 2 amide bonds. The maximum atomic E-state index is 12.6. The van der Waals surface area contributed by atoms with Crippen molar-refractivity contribution >= 4 is 17.5 Å². The van der Waals surface area contributed by atoms with Crippen molar-refractivity contribution in [1.82, 2.24) is 10.6 Å². The predicted octanol–water partition coefficient (Wildman–Crippen LogP) is 2.28. The number of amides is 2. The first-order valence-corrected chi connectivity index (χ1v) is 9.09. The van der Waals surface area contributed by atoms with Gasteiger partial charge < -0.3 is 16.0 Å². The molecule has 1 aromatic rings. The number of benzene rings is 1. The van der Waals surface area contributed by atoms with Crippen LogP contribution in [0.15, 0.2) is 18.2 Å². The number of carbonyl (C=O) groups is 2. The molecule has 0 aromatic heterocycles. The van der Waals surface area contributed by atoms with E-state index in [1.54, 1.807) is 0 Å². The van der Waals surface area contributed by atoms with Gasteiger partial charge in [-0.2, -0.15) is 0 Å². The average molecular weight is 327 g/mol. The third kappa shape index (κ3) is 2.93. The van der Waals surface area contributed by atoms with Gasteiger partial charge in [-0.15, -0.1) is 0 Å². The molecular formula is C19H25N3O2. The highest BCUT2D eigenvalue weighted by molar-refractivity contribution is 5.99. The molecule has 0 bridgehead atoms. The van der Waals surface area contributed by atoms with Crippen LogP contribution in [0.25, 0.3) is 0 Å². The molecule has 24 heavy (non-hydrogen) atoms. The molecular weight excluding hydrogens is 302 g/mol. The molecule has 0 radical (unpaired) electrons. The smallest absolute Gasteiger partial charge is 0.237 e. The van der Waals surface area contributed by atoms with E-state index >= 15 is 0 Å². The number of anilines is 1. The zero-order chi connectivity index (χ0) is 16.7. The number of hydrogen-bond donors (Lipinski definition) is 3. The van der Waals surface area contributed by atoms with Crippen molar-refractivity contribution in [3.8, 4) is 0 Å². The minimum Gasteiger partial charge on any atom is -0.348 e. The summed E-state index contributed by atoms with van der Waals surface area (Å²) in [5, 5.41) is 9.51. The van der Waals surface area contributed by atoms with Crippen LogP contribution < -0.4 is 16.0 Å². The van der Waals surface area contributed by atoms with Gasteiger partial charge in [-0.3, -0.25) is 9.59 Å². The van der Waals surface area contributed by atoms with Gasteiger partial charge in [-0.1, -0.05) is 25.0 Å². The van der Waals surface area contributed by atoms with Crippen molar-refractivity contribution < 1.29 is 9.59 Å². The van der Waals surface area contributed by atoms with Crippen molar-refractivity contribution in [2.75, 3.05) is 5.32 Å². The Morgan fingerprint density at radius 1 is 1.29 bits per heavy atom. The summed E-state index contributed by atoms with van der Waals surface area (Å²) in [5.41, 5.74) is 2.96. The largest absolute Gasteiger partial charge is 0.348 e. The summed E-state index contributed by atoms with van der Waals surface area (Å²) in [4.78, 5) is 24.1. The van der Waals surface area contributed by atoms with Crippen LogP contribution in [0, 0.1) is 5.92 Å². The number of carbonyl (C=O) groups excluding carboxylic acids is 2. The highest BCUT2D eigenvalue weighted by Crippen LogP contribution is 2.33. The van der Waals surface area contributed by atoms with E-state index in [0.717, 1.165) is 23.2 Å². The number of nitrogens with one attached hydrogen (secondary N) is 3. The van der Waals surface area contributed by atoms with E-state index in [2.05, 4.69) is 16.0 Å². The summed E-state index contributed by atoms with van der Waals surface area (Å²) in [6, 6.07) is 6.36. The zero-order valence-electron chi connectivity index (χ0n) is 14.1. The van der Waals surface area contributed by atoms with Crippen LogP contribution in [-0.4, -0.2) is 23.9 Å². The minimum atomic E-state index is -0.0572. The van der Waals surface area contributed by atoms with Gasteiger partial charge in [0.05, 0.1) is 18.5 Å². The Morgan fingerprint density at radius 2 is 2.12 bits per heavy atom. The maximum absolute atomic E-state index is 12.6. The Labute approximate surface area is 142 Å². The molecule has 2 heterocycles. The fourth-order valence-electron chi connectivity index (χ4n) is 4.44. The molecule has 4 rings (SSSR count). The third-order valence-electron chi connectivity index (χ3n) is 5.79. The molecule has 1 saturated heterocycles. The van der Waals surface area contributed by atoms with Crippen molar-refractivity contribution in [3.05, 3.63) is 29.3 Å². The van der Waals surface area contributed by atoms with Crippen LogP contribution in [0.2, 0.25) is 0 Å². The molecule has 5 heteroatoms. The number of fused-ring (bicyclic) bond motifs is 2. The van der Waals surface area contributed by atoms with Crippen molar-refractivity contribution in [2.45, 2.75) is 63.6 Å². The normalized spacial score (nSPS) is 29.5. The number of rotatable bonds is 3. The summed E-state index contributed by atoms with van der Waals surface area (Å²) in [5.74, 6) is 0.810. The lowest BCUT2D eigenvalue weighted by Gasteiger charge is -2.24. The molecule has 4 atom stereocenters. The van der Waals surface area contributed by atoms with Gasteiger partial charge in [0, 0.05) is 11.7 Å². The van der Waals surface area contributed by atoms with Crippen molar-refractivity contribution in [3.63, 3.8) is 0 Å². The summed E-state index contributed by atoms with van der Waals surface area (Å²) in [6.07, 6.45) is 6.43. The van der Waals surface area contributed by atoms with Crippen LogP contribution in [0.5, 0.6) is 0 Å². The van der Waals surface area contributed by atoms with E-state index < -0.39 is 0 Å². The second kappa shape index (κ2) is 6.20. The van der Waals surface area contributed by atoms with Gasteiger partial charge in [0.2, 0.25) is 11.8 Å². The molecule has 5 nitrogen and oxygen atoms in total. The highest BCUT2D eigenvalue weighted by Gasteiger charge is 2.38. The van der Waals surface area contributed by atoms with E-state index in [4.69, 9.17) is 0 Å². The van der Waals surface area contributed by atoms with Crippen LogP contribution in [-0.2, 0) is 16.0 Å². The SMILES string of the molecule is CC(NC(=O)C1CC2CCCCC2N1)c1ccc2c(c1)CC(=O)N2. The molecule has 1 aliphatic carbocycles. The lowest BCUT2D eigenvalue weighted by atomic mass is 9.85. The first-order valence-electron chi connectivity index (χ1n) is 9.09. The topological polar surface area (TPSA) is 70.2 Å². The molecule has 3 N–H and O–H groups in total. The van der Waals surface area contributed by atoms with E-state index in [0.29, 0.717) is 18.4 Å². The lowest BCUT2D eigenvalue weighted by molar-refractivity contribution is -0.123. The maximum Gasteiger partial charge on any atom is 0.237 e. The van der Waals surface area contributed by atoms with Crippen LogP contribution >= 0.6 is 0 Å². The molecule has 128 valence electrons. The monoisotopic (exact) mass is 327 g/mol. The lowest BCUT2D eigenvalue weighted by Crippen LogP contribution is -2.43. The Balaban J connectivity index is 1.39. The second-order valence-electron chi connectivity index (χ2n) is 7.48. The molecule has 0 spiro atoms. The van der Waals surface area contributed by atoms with E-state index in [-0.39, 0.29) is 23.9 Å². The minimum absolute atomic E-state index is 0.0385. The van der Waals surface area contributed by atoms with Gasteiger partial charge in [-0.05, 0) is 49.3 Å². The van der Waals surface area contributed by atoms with Gasteiger partial charge in [0.15, 0.2) is 0 Å². The number of hydrogen-bond acceptors (Lipinski definition) is 3. The van der Waals surface area contributed by atoms with Crippen molar-refractivity contribution in [2.24, 2.45) is 5.92 Å². The molecule has 2 aliphatic heterocycles. The van der Waals surface area contributed by atoms with Crippen LogP contribution in [0.4, 0.5) is 5.69 Å². The summed E-state index contributed by atoms with van der Waals surface area (Å²) in [6.45, 7) is 2.01. The first-order chi connectivity index (χ1) is 11.6. The predicted molar refractivity (Wildman–Crippen MR) is 92.6 cm³/mol. The molecule has 3 aliphatic rings. The first kappa shape index (κ1) is 15.6. The van der Waals surface area contributed by atoms with E-state index in [1.165, 1.54) is 25.7 Å². The van der Waals surface area contributed by atoms with Gasteiger partial charge in [0.25, 0.3) is 0 Å². The standard InChI is InChI=1S/C19H25N3O2/c1-11(12-6-7-16-14(8-12)10-18(23)22-16)20-19(24)17-9-13-4-2-3-5-15(13)21-17/h6-8,11,13,15,17,21H,2-5,9-10H2,1H3,(H,20,24)(H,22,23). The Hall–Kier alpha value is -1.88. The molecule has 4 unspecified atom stereocenters. The molecule has 1 saturated carbocycles. The Kier molecular flexibility index (Phi) is 4.04.